The summed E-state index contributed by atoms with van der Waals surface area (Å²) in [5, 5.41) is 2.93. The first-order valence-corrected chi connectivity index (χ1v) is 11.9. The van der Waals surface area contributed by atoms with Crippen molar-refractivity contribution >= 4 is 23.6 Å². The predicted octanol–water partition coefficient (Wildman–Crippen LogP) is 4.86. The molecule has 0 aromatic heterocycles. The fraction of sp³-hybridized carbons (Fsp3) is 0.259. The topological polar surface area (TPSA) is 49.4 Å². The third kappa shape index (κ3) is 6.99. The molecule has 32 heavy (non-hydrogen) atoms. The maximum absolute atomic E-state index is 13.5. The zero-order valence-corrected chi connectivity index (χ0v) is 19.5. The average Bonchev–Trinajstić information content (AvgIpc) is 2.82. The van der Waals surface area contributed by atoms with Gasteiger partial charge in [-0.25, -0.2) is 0 Å². The van der Waals surface area contributed by atoms with Gasteiger partial charge in [0.2, 0.25) is 11.8 Å². The van der Waals surface area contributed by atoms with Gasteiger partial charge in [-0.05, 0) is 37.1 Å². The number of hydrogen-bond donors (Lipinski definition) is 1. The number of aryl methyl sites for hydroxylation is 1. The van der Waals surface area contributed by atoms with Crippen LogP contribution in [0, 0.1) is 6.92 Å². The molecule has 0 aliphatic carbocycles. The Balaban J connectivity index is 1.87. The van der Waals surface area contributed by atoms with Crippen molar-refractivity contribution in [2.45, 2.75) is 37.8 Å². The van der Waals surface area contributed by atoms with Crippen LogP contribution in [-0.2, 0) is 22.6 Å². The van der Waals surface area contributed by atoms with Gasteiger partial charge in [0.1, 0.15) is 6.04 Å². The second-order valence-electron chi connectivity index (χ2n) is 7.71. The summed E-state index contributed by atoms with van der Waals surface area (Å²) >= 11 is 1.50. The molecule has 3 aromatic rings. The van der Waals surface area contributed by atoms with Gasteiger partial charge in [-0.15, -0.1) is 11.8 Å². The molecular weight excluding hydrogens is 416 g/mol. The third-order valence-corrected chi connectivity index (χ3v) is 6.20. The molecule has 3 aromatic carbocycles. The smallest absolute Gasteiger partial charge is 0.243 e. The van der Waals surface area contributed by atoms with Crippen LogP contribution in [0.5, 0.6) is 0 Å². The Bertz CT molecular complexity index is 991. The molecule has 4 nitrogen and oxygen atoms in total. The highest BCUT2D eigenvalue weighted by molar-refractivity contribution is 8.00. The quantitative estimate of drug-likeness (QED) is 0.452. The minimum atomic E-state index is -0.581. The van der Waals surface area contributed by atoms with Crippen molar-refractivity contribution in [2.24, 2.45) is 0 Å². The lowest BCUT2D eigenvalue weighted by Crippen LogP contribution is -2.51. The first-order valence-electron chi connectivity index (χ1n) is 10.9. The zero-order valence-electron chi connectivity index (χ0n) is 18.7. The number of rotatable bonds is 10. The number of carbonyl (C=O) groups is 2. The van der Waals surface area contributed by atoms with E-state index < -0.39 is 6.04 Å². The number of likely N-dealkylation sites (N-methyl/N-ethyl adjacent to an activating group) is 1. The molecule has 0 saturated carbocycles. The van der Waals surface area contributed by atoms with E-state index in [1.165, 1.54) is 11.8 Å². The summed E-state index contributed by atoms with van der Waals surface area (Å²) in [6, 6.07) is 27.3. The minimum absolute atomic E-state index is 0.0494. The molecule has 0 radical (unpaired) electrons. The summed E-state index contributed by atoms with van der Waals surface area (Å²) in [6.07, 6.45) is 0.472. The van der Waals surface area contributed by atoms with Gasteiger partial charge in [0, 0.05) is 24.4 Å². The molecule has 166 valence electrons. The van der Waals surface area contributed by atoms with Gasteiger partial charge in [0.05, 0.1) is 5.75 Å². The van der Waals surface area contributed by atoms with Gasteiger partial charge in [-0.2, -0.15) is 0 Å². The van der Waals surface area contributed by atoms with E-state index in [0.29, 0.717) is 19.5 Å². The van der Waals surface area contributed by atoms with E-state index in [2.05, 4.69) is 5.32 Å². The third-order valence-electron chi connectivity index (χ3n) is 5.20. The molecule has 0 unspecified atom stereocenters. The lowest BCUT2D eigenvalue weighted by atomic mass is 10.0. The van der Waals surface area contributed by atoms with Crippen LogP contribution >= 0.6 is 11.8 Å². The molecule has 0 aliphatic heterocycles. The minimum Gasteiger partial charge on any atom is -0.355 e. The van der Waals surface area contributed by atoms with Crippen LogP contribution in [0.3, 0.4) is 0 Å². The van der Waals surface area contributed by atoms with Gasteiger partial charge in [0.15, 0.2) is 0 Å². The highest BCUT2D eigenvalue weighted by Crippen LogP contribution is 2.21. The Hall–Kier alpha value is -3.05. The van der Waals surface area contributed by atoms with Crippen molar-refractivity contribution < 1.29 is 9.59 Å². The van der Waals surface area contributed by atoms with Crippen molar-refractivity contribution in [1.29, 1.82) is 0 Å². The predicted molar refractivity (Wildman–Crippen MR) is 132 cm³/mol. The molecule has 0 bridgehead atoms. The lowest BCUT2D eigenvalue weighted by Gasteiger charge is -2.31. The van der Waals surface area contributed by atoms with Crippen LogP contribution in [0.25, 0.3) is 0 Å². The van der Waals surface area contributed by atoms with Crippen LogP contribution in [0.1, 0.15) is 23.6 Å². The zero-order chi connectivity index (χ0) is 22.8. The fourth-order valence-electron chi connectivity index (χ4n) is 3.48. The number of hydrogen-bond acceptors (Lipinski definition) is 3. The molecule has 3 rings (SSSR count). The van der Waals surface area contributed by atoms with E-state index in [0.717, 1.165) is 21.6 Å². The average molecular weight is 447 g/mol. The largest absolute Gasteiger partial charge is 0.355 e. The molecular formula is C27H30N2O2S. The normalized spacial score (nSPS) is 11.6. The fourth-order valence-corrected chi connectivity index (χ4v) is 4.29. The van der Waals surface area contributed by atoms with E-state index in [1.807, 2.05) is 98.8 Å². The monoisotopic (exact) mass is 446 g/mol. The van der Waals surface area contributed by atoms with E-state index in [9.17, 15) is 9.59 Å². The second kappa shape index (κ2) is 12.1. The molecule has 5 heteroatoms. The summed E-state index contributed by atoms with van der Waals surface area (Å²) in [5.74, 6) is 0.105. The van der Waals surface area contributed by atoms with E-state index in [-0.39, 0.29) is 17.6 Å². The lowest BCUT2D eigenvalue weighted by molar-refractivity contribution is -0.139. The highest BCUT2D eigenvalue weighted by atomic mass is 32.2. The molecule has 2 amide bonds. The van der Waals surface area contributed by atoms with Crippen LogP contribution in [0.2, 0.25) is 0 Å². The molecule has 1 atom stereocenters. The van der Waals surface area contributed by atoms with Gasteiger partial charge in [-0.1, -0.05) is 78.4 Å². The van der Waals surface area contributed by atoms with Crippen LogP contribution in [0.4, 0.5) is 0 Å². The van der Waals surface area contributed by atoms with Crippen LogP contribution < -0.4 is 5.32 Å². The van der Waals surface area contributed by atoms with Crippen molar-refractivity contribution in [3.63, 3.8) is 0 Å². The van der Waals surface area contributed by atoms with Crippen molar-refractivity contribution in [3.8, 4) is 0 Å². The van der Waals surface area contributed by atoms with Crippen molar-refractivity contribution in [3.05, 3.63) is 102 Å². The van der Waals surface area contributed by atoms with Gasteiger partial charge in [0.25, 0.3) is 0 Å². The maximum Gasteiger partial charge on any atom is 0.243 e. The van der Waals surface area contributed by atoms with Crippen LogP contribution in [0.15, 0.2) is 89.8 Å². The number of benzene rings is 3. The Labute approximate surface area is 195 Å². The maximum atomic E-state index is 13.5. The molecule has 0 aliphatic rings. The summed E-state index contributed by atoms with van der Waals surface area (Å²) < 4.78 is 0. The summed E-state index contributed by atoms with van der Waals surface area (Å²) in [4.78, 5) is 29.3. The van der Waals surface area contributed by atoms with Gasteiger partial charge in [-0.3, -0.25) is 9.59 Å². The summed E-state index contributed by atoms with van der Waals surface area (Å²) in [6.45, 7) is 4.85. The number of nitrogens with one attached hydrogen (secondary N) is 1. The first kappa shape index (κ1) is 23.6. The Kier molecular flexibility index (Phi) is 8.93. The number of nitrogens with zero attached hydrogens (tertiary/aromatic N) is 1. The first-order chi connectivity index (χ1) is 15.6. The summed E-state index contributed by atoms with van der Waals surface area (Å²) in [7, 11) is 0. The highest BCUT2D eigenvalue weighted by Gasteiger charge is 2.30. The Morgan fingerprint density at radius 2 is 1.50 bits per heavy atom. The van der Waals surface area contributed by atoms with Gasteiger partial charge < -0.3 is 10.2 Å². The van der Waals surface area contributed by atoms with Crippen molar-refractivity contribution in [2.75, 3.05) is 12.3 Å². The second-order valence-corrected chi connectivity index (χ2v) is 8.76. The molecule has 1 N–H and O–H groups in total. The van der Waals surface area contributed by atoms with E-state index in [4.69, 9.17) is 0 Å². The standard InChI is InChI=1S/C27H30N2O2S/c1-3-28-27(31)25(18-22-10-6-4-7-11-22)29(19-23-16-14-21(2)15-17-23)26(30)20-32-24-12-8-5-9-13-24/h4-17,25H,3,18-20H2,1-2H3,(H,28,31)/t25-/m0/s1. The van der Waals surface area contributed by atoms with Crippen molar-refractivity contribution in [1.82, 2.24) is 10.2 Å². The van der Waals surface area contributed by atoms with E-state index in [1.54, 1.807) is 4.90 Å². The molecule has 0 heterocycles. The van der Waals surface area contributed by atoms with Gasteiger partial charge >= 0.3 is 0 Å². The molecule has 0 saturated heterocycles. The number of carbonyl (C=O) groups excluding carboxylic acids is 2. The molecule has 0 fully saturated rings. The Morgan fingerprint density at radius 1 is 0.875 bits per heavy atom. The SMILES string of the molecule is CCNC(=O)[C@H](Cc1ccccc1)N(Cc1ccc(C)cc1)C(=O)CSc1ccccc1. The summed E-state index contributed by atoms with van der Waals surface area (Å²) in [5.41, 5.74) is 3.20. The number of thioether (sulfide) groups is 1. The van der Waals surface area contributed by atoms with Crippen LogP contribution in [-0.4, -0.2) is 35.1 Å². The molecule has 0 spiro atoms. The number of amides is 2. The Morgan fingerprint density at radius 3 is 2.12 bits per heavy atom. The van der Waals surface area contributed by atoms with E-state index >= 15 is 0 Å².